The van der Waals surface area contributed by atoms with Crippen molar-refractivity contribution in [2.24, 2.45) is 5.10 Å². The number of ether oxygens (including phenoxy) is 2. The molecule has 3 rings (SSSR count). The molecule has 0 aliphatic rings. The quantitative estimate of drug-likeness (QED) is 0.242. The van der Waals surface area contributed by atoms with Crippen LogP contribution in [0.3, 0.4) is 0 Å². The van der Waals surface area contributed by atoms with Crippen molar-refractivity contribution in [1.29, 1.82) is 0 Å². The van der Waals surface area contributed by atoms with Crippen LogP contribution in [0, 0.1) is 6.92 Å². The van der Waals surface area contributed by atoms with E-state index in [4.69, 9.17) is 21.1 Å². The van der Waals surface area contributed by atoms with Crippen LogP contribution in [-0.4, -0.2) is 24.5 Å². The number of carbonyl (C=O) groups is 1. The van der Waals surface area contributed by atoms with E-state index in [1.54, 1.807) is 25.5 Å². The van der Waals surface area contributed by atoms with E-state index in [0.29, 0.717) is 23.1 Å². The number of hydrogen-bond donors (Lipinski definition) is 1. The van der Waals surface area contributed by atoms with E-state index >= 15 is 0 Å². The van der Waals surface area contributed by atoms with Crippen LogP contribution in [0.5, 0.6) is 11.5 Å². The highest BCUT2D eigenvalue weighted by Crippen LogP contribution is 2.29. The lowest BCUT2D eigenvalue weighted by molar-refractivity contribution is -0.120. The van der Waals surface area contributed by atoms with Crippen molar-refractivity contribution in [2.45, 2.75) is 30.6 Å². The van der Waals surface area contributed by atoms with Crippen LogP contribution in [0.1, 0.15) is 23.6 Å². The minimum absolute atomic E-state index is 0.168. The molecule has 0 radical (unpaired) electrons. The van der Waals surface area contributed by atoms with Crippen LogP contribution in [0.25, 0.3) is 0 Å². The lowest BCUT2D eigenvalue weighted by Crippen LogP contribution is -2.26. The van der Waals surface area contributed by atoms with Gasteiger partial charge in [0, 0.05) is 15.5 Å². The molecule has 3 aromatic rings. The predicted molar refractivity (Wildman–Crippen MR) is 131 cm³/mol. The van der Waals surface area contributed by atoms with Crippen molar-refractivity contribution in [3.8, 4) is 11.5 Å². The van der Waals surface area contributed by atoms with Crippen molar-refractivity contribution in [1.82, 2.24) is 5.43 Å². The molecule has 0 aliphatic carbocycles. The fourth-order valence-electron chi connectivity index (χ4n) is 2.79. The second-order valence-corrected chi connectivity index (χ2v) is 8.92. The molecule has 1 N–H and O–H groups in total. The van der Waals surface area contributed by atoms with Gasteiger partial charge in [-0.3, -0.25) is 4.79 Å². The summed E-state index contributed by atoms with van der Waals surface area (Å²) in [5.74, 6) is 0.992. The first-order valence-electron chi connectivity index (χ1n) is 10.1. The third kappa shape index (κ3) is 6.77. The SMILES string of the molecule is COc1cc(/C=N\NC(=O)[C@@H](C)Sc2ccc(C)cc2)ccc1OCc1ccccc1Cl. The van der Waals surface area contributed by atoms with E-state index in [9.17, 15) is 4.79 Å². The lowest BCUT2D eigenvalue weighted by Gasteiger charge is -2.12. The molecule has 5 nitrogen and oxygen atoms in total. The molecule has 1 atom stereocenters. The van der Waals surface area contributed by atoms with E-state index in [0.717, 1.165) is 16.0 Å². The van der Waals surface area contributed by atoms with Gasteiger partial charge >= 0.3 is 0 Å². The number of aryl methyl sites for hydroxylation is 1. The van der Waals surface area contributed by atoms with Gasteiger partial charge in [-0.15, -0.1) is 11.8 Å². The summed E-state index contributed by atoms with van der Waals surface area (Å²) in [5.41, 5.74) is 5.44. The number of rotatable bonds is 9. The minimum Gasteiger partial charge on any atom is -0.493 e. The molecule has 0 aliphatic heterocycles. The Labute approximate surface area is 197 Å². The van der Waals surface area contributed by atoms with Crippen molar-refractivity contribution in [3.63, 3.8) is 0 Å². The van der Waals surface area contributed by atoms with E-state index in [2.05, 4.69) is 10.5 Å². The minimum atomic E-state index is -0.273. The molecule has 32 heavy (non-hydrogen) atoms. The zero-order valence-electron chi connectivity index (χ0n) is 18.2. The first kappa shape index (κ1) is 23.7. The van der Waals surface area contributed by atoms with Crippen LogP contribution in [-0.2, 0) is 11.4 Å². The summed E-state index contributed by atoms with van der Waals surface area (Å²) >= 11 is 7.67. The molecule has 0 heterocycles. The van der Waals surface area contributed by atoms with Crippen molar-refractivity contribution in [3.05, 3.63) is 88.4 Å². The fraction of sp³-hybridized carbons (Fsp3) is 0.200. The number of carbonyl (C=O) groups excluding carboxylic acids is 1. The Morgan fingerprint density at radius 3 is 2.59 bits per heavy atom. The third-order valence-corrected chi connectivity index (χ3v) is 6.10. The maximum absolute atomic E-state index is 12.3. The summed E-state index contributed by atoms with van der Waals surface area (Å²) in [4.78, 5) is 13.4. The normalized spacial score (nSPS) is 11.9. The van der Waals surface area contributed by atoms with Crippen LogP contribution in [0.2, 0.25) is 5.02 Å². The maximum atomic E-state index is 12.3. The summed E-state index contributed by atoms with van der Waals surface area (Å²) in [6, 6.07) is 21.0. The molecular weight excluding hydrogens is 444 g/mol. The van der Waals surface area contributed by atoms with Gasteiger partial charge in [-0.2, -0.15) is 5.10 Å². The molecule has 3 aromatic carbocycles. The van der Waals surface area contributed by atoms with Crippen molar-refractivity contribution < 1.29 is 14.3 Å². The largest absolute Gasteiger partial charge is 0.493 e. The Morgan fingerprint density at radius 1 is 1.12 bits per heavy atom. The number of nitrogens with one attached hydrogen (secondary N) is 1. The molecule has 166 valence electrons. The molecule has 0 spiro atoms. The first-order chi connectivity index (χ1) is 15.5. The van der Waals surface area contributed by atoms with Gasteiger partial charge in [0.15, 0.2) is 11.5 Å². The Balaban J connectivity index is 1.56. The summed E-state index contributed by atoms with van der Waals surface area (Å²) in [7, 11) is 1.57. The molecule has 0 aromatic heterocycles. The highest BCUT2D eigenvalue weighted by Gasteiger charge is 2.13. The summed E-state index contributed by atoms with van der Waals surface area (Å²) in [6.45, 7) is 4.21. The van der Waals surface area contributed by atoms with E-state index < -0.39 is 0 Å². The average molecular weight is 469 g/mol. The second-order valence-electron chi connectivity index (χ2n) is 7.10. The monoisotopic (exact) mass is 468 g/mol. The third-order valence-electron chi connectivity index (χ3n) is 4.62. The van der Waals surface area contributed by atoms with Gasteiger partial charge in [0.05, 0.1) is 18.6 Å². The number of methoxy groups -OCH3 is 1. The standard InChI is InChI=1S/C25H25ClN2O3S/c1-17-8-11-21(12-9-17)32-18(2)25(29)28-27-15-19-10-13-23(24(14-19)30-3)31-16-20-6-4-5-7-22(20)26/h4-15,18H,16H2,1-3H3,(H,28,29)/b27-15-/t18-/m1/s1. The van der Waals surface area contributed by atoms with E-state index in [-0.39, 0.29) is 11.2 Å². The predicted octanol–water partition coefficient (Wildman–Crippen LogP) is 5.87. The first-order valence-corrected chi connectivity index (χ1v) is 11.3. The van der Waals surface area contributed by atoms with Crippen LogP contribution < -0.4 is 14.9 Å². The maximum Gasteiger partial charge on any atom is 0.253 e. The van der Waals surface area contributed by atoms with Crippen LogP contribution in [0.4, 0.5) is 0 Å². The number of hydrazone groups is 1. The van der Waals surface area contributed by atoms with Crippen LogP contribution >= 0.6 is 23.4 Å². The van der Waals surface area contributed by atoms with Crippen molar-refractivity contribution >= 4 is 35.5 Å². The van der Waals surface area contributed by atoms with Crippen LogP contribution in [0.15, 0.2) is 76.7 Å². The number of nitrogens with zero attached hydrogens (tertiary/aromatic N) is 1. The fourth-order valence-corrected chi connectivity index (χ4v) is 3.84. The Morgan fingerprint density at radius 2 is 1.88 bits per heavy atom. The van der Waals surface area contributed by atoms with Gasteiger partial charge in [-0.05, 0) is 55.8 Å². The topological polar surface area (TPSA) is 59.9 Å². The number of benzene rings is 3. The Kier molecular flexibility index (Phi) is 8.59. The highest BCUT2D eigenvalue weighted by atomic mass is 35.5. The van der Waals surface area contributed by atoms with E-state index in [1.165, 1.54) is 17.3 Å². The highest BCUT2D eigenvalue weighted by molar-refractivity contribution is 8.00. The summed E-state index contributed by atoms with van der Waals surface area (Å²) < 4.78 is 11.3. The van der Waals surface area contributed by atoms with Gasteiger partial charge in [0.2, 0.25) is 0 Å². The number of hydrogen-bond acceptors (Lipinski definition) is 5. The van der Waals surface area contributed by atoms with Gasteiger partial charge in [0.25, 0.3) is 5.91 Å². The smallest absolute Gasteiger partial charge is 0.253 e. The number of halogens is 1. The van der Waals surface area contributed by atoms with Gasteiger partial charge in [0.1, 0.15) is 6.61 Å². The molecule has 0 saturated heterocycles. The Hall–Kier alpha value is -2.96. The van der Waals surface area contributed by atoms with E-state index in [1.807, 2.05) is 68.4 Å². The molecule has 0 unspecified atom stereocenters. The number of amides is 1. The molecule has 1 amide bonds. The van der Waals surface area contributed by atoms with Gasteiger partial charge in [-0.25, -0.2) is 5.43 Å². The second kappa shape index (κ2) is 11.6. The number of thioether (sulfide) groups is 1. The van der Waals surface area contributed by atoms with Gasteiger partial charge < -0.3 is 9.47 Å². The molecular formula is C25H25ClN2O3S. The molecule has 0 fully saturated rings. The summed E-state index contributed by atoms with van der Waals surface area (Å²) in [6.07, 6.45) is 1.57. The zero-order valence-corrected chi connectivity index (χ0v) is 19.7. The molecule has 0 bridgehead atoms. The lowest BCUT2D eigenvalue weighted by atomic mass is 10.2. The molecule has 7 heteroatoms. The zero-order chi connectivity index (χ0) is 22.9. The molecule has 0 saturated carbocycles. The Bertz CT molecular complexity index is 1090. The van der Waals surface area contributed by atoms with Gasteiger partial charge in [-0.1, -0.05) is 47.5 Å². The van der Waals surface area contributed by atoms with Crippen molar-refractivity contribution in [2.75, 3.05) is 7.11 Å². The summed E-state index contributed by atoms with van der Waals surface area (Å²) in [5, 5.41) is 4.46. The average Bonchev–Trinajstić information content (AvgIpc) is 2.80.